The zero-order chi connectivity index (χ0) is 25.3. The molecule has 0 aliphatic carbocycles. The number of carbonyl (C=O) groups is 1. The summed E-state index contributed by atoms with van der Waals surface area (Å²) in [5, 5.41) is 13.7. The number of halogens is 1. The number of nitrogens with one attached hydrogen (secondary N) is 2. The number of anilines is 2. The van der Waals surface area contributed by atoms with Crippen molar-refractivity contribution in [3.63, 3.8) is 0 Å². The van der Waals surface area contributed by atoms with Gasteiger partial charge in [0.1, 0.15) is 11.6 Å². The molecule has 3 aromatic heterocycles. The Morgan fingerprint density at radius 2 is 1.91 bits per heavy atom. The van der Waals surface area contributed by atoms with Gasteiger partial charge in [-0.2, -0.15) is 15.2 Å². The number of ether oxygens (including phenoxy) is 1. The van der Waals surface area contributed by atoms with Crippen molar-refractivity contribution in [3.8, 4) is 23.0 Å². The van der Waals surface area contributed by atoms with E-state index in [1.54, 1.807) is 40.8 Å². The number of hydrogen-bond acceptors (Lipinski definition) is 6. The molecule has 10 nitrogen and oxygen atoms in total. The van der Waals surface area contributed by atoms with Gasteiger partial charge in [-0.1, -0.05) is 0 Å². The van der Waals surface area contributed by atoms with Gasteiger partial charge in [-0.25, -0.2) is 14.2 Å². The summed E-state index contributed by atoms with van der Waals surface area (Å²) >= 11 is 0. The minimum atomic E-state index is -0.632. The lowest BCUT2D eigenvalue weighted by molar-refractivity contribution is 0.262. The van der Waals surface area contributed by atoms with Crippen LogP contribution in [-0.2, 0) is 12.6 Å². The Hall–Kier alpha value is -4.28. The number of benzene rings is 1. The Kier molecular flexibility index (Phi) is 6.25. The molecule has 182 valence electrons. The third-order valence-electron chi connectivity index (χ3n) is 5.11. The van der Waals surface area contributed by atoms with Crippen molar-refractivity contribution in [2.24, 2.45) is 7.05 Å². The number of aryl methyl sites for hydroxylation is 3. The quantitative estimate of drug-likeness (QED) is 0.417. The summed E-state index contributed by atoms with van der Waals surface area (Å²) < 4.78 is 23.9. The first-order chi connectivity index (χ1) is 16.5. The molecule has 4 rings (SSSR count). The van der Waals surface area contributed by atoms with E-state index in [0.29, 0.717) is 22.8 Å². The van der Waals surface area contributed by atoms with E-state index in [2.05, 4.69) is 30.8 Å². The summed E-state index contributed by atoms with van der Waals surface area (Å²) in [6, 6.07) is 5.60. The van der Waals surface area contributed by atoms with Gasteiger partial charge in [0, 0.05) is 42.8 Å². The molecule has 0 unspecified atom stereocenters. The normalized spacial score (nSPS) is 11.4. The van der Waals surface area contributed by atoms with Crippen LogP contribution in [0.2, 0.25) is 0 Å². The molecular formula is C24H27FN8O2. The minimum Gasteiger partial charge on any atom is -0.424 e. The van der Waals surface area contributed by atoms with Gasteiger partial charge < -0.3 is 10.1 Å². The van der Waals surface area contributed by atoms with Gasteiger partial charge in [-0.05, 0) is 52.3 Å². The van der Waals surface area contributed by atoms with Crippen molar-refractivity contribution in [1.82, 2.24) is 29.5 Å². The number of aromatic nitrogens is 6. The van der Waals surface area contributed by atoms with Crippen LogP contribution in [0.1, 0.15) is 32.0 Å². The molecule has 3 heterocycles. The first-order valence-electron chi connectivity index (χ1n) is 10.9. The second-order valence-corrected chi connectivity index (χ2v) is 9.16. The van der Waals surface area contributed by atoms with Crippen molar-refractivity contribution >= 4 is 17.5 Å². The van der Waals surface area contributed by atoms with E-state index in [-0.39, 0.29) is 17.2 Å². The zero-order valence-corrected chi connectivity index (χ0v) is 20.4. The highest BCUT2D eigenvalue weighted by Gasteiger charge is 2.19. The van der Waals surface area contributed by atoms with E-state index < -0.39 is 11.8 Å². The molecule has 0 radical (unpaired) electrons. The molecule has 4 aromatic rings. The summed E-state index contributed by atoms with van der Waals surface area (Å²) in [6.07, 6.45) is 5.07. The molecule has 0 aliphatic rings. The van der Waals surface area contributed by atoms with Crippen LogP contribution in [0.5, 0.6) is 11.8 Å². The van der Waals surface area contributed by atoms with Crippen molar-refractivity contribution < 1.29 is 13.9 Å². The van der Waals surface area contributed by atoms with Crippen LogP contribution in [0.4, 0.5) is 20.7 Å². The van der Waals surface area contributed by atoms with E-state index in [1.165, 1.54) is 12.1 Å². The maximum absolute atomic E-state index is 14.6. The Labute approximate surface area is 202 Å². The fourth-order valence-corrected chi connectivity index (χ4v) is 3.55. The third-order valence-corrected chi connectivity index (χ3v) is 5.11. The van der Waals surface area contributed by atoms with Crippen molar-refractivity contribution in [1.29, 1.82) is 0 Å². The van der Waals surface area contributed by atoms with E-state index >= 15 is 0 Å². The predicted molar refractivity (Wildman–Crippen MR) is 130 cm³/mol. The van der Waals surface area contributed by atoms with E-state index in [4.69, 9.17) is 4.74 Å². The monoisotopic (exact) mass is 478 g/mol. The van der Waals surface area contributed by atoms with Crippen LogP contribution in [0, 0.1) is 19.7 Å². The molecule has 35 heavy (non-hydrogen) atoms. The molecule has 0 saturated heterocycles. The highest BCUT2D eigenvalue weighted by atomic mass is 19.1. The van der Waals surface area contributed by atoms with Crippen molar-refractivity contribution in [2.75, 3.05) is 10.6 Å². The fraction of sp³-hybridized carbons (Fsp3) is 0.292. The van der Waals surface area contributed by atoms with Gasteiger partial charge in [0.25, 0.3) is 0 Å². The van der Waals surface area contributed by atoms with Gasteiger partial charge in [-0.3, -0.25) is 14.7 Å². The highest BCUT2D eigenvalue weighted by Crippen LogP contribution is 2.30. The van der Waals surface area contributed by atoms with E-state index in [1.807, 2.05) is 40.9 Å². The SMILES string of the molecule is Cc1cc(F)c(NC(=O)Nc2cc(C)n(C(C)(C)C)n2)cc1Oc1nccc(-c2cnn(C)c2)n1. The maximum Gasteiger partial charge on any atom is 0.324 e. The molecule has 11 heteroatoms. The molecule has 0 bridgehead atoms. The predicted octanol–water partition coefficient (Wildman–Crippen LogP) is 5.02. The lowest BCUT2D eigenvalue weighted by atomic mass is 10.1. The smallest absolute Gasteiger partial charge is 0.324 e. The third kappa shape index (κ3) is 5.45. The van der Waals surface area contributed by atoms with Crippen LogP contribution in [0.25, 0.3) is 11.3 Å². The molecule has 0 fully saturated rings. The average molecular weight is 479 g/mol. The first kappa shape index (κ1) is 23.9. The Morgan fingerprint density at radius 3 is 2.57 bits per heavy atom. The van der Waals surface area contributed by atoms with Crippen LogP contribution in [-0.4, -0.2) is 35.6 Å². The fourth-order valence-electron chi connectivity index (χ4n) is 3.55. The van der Waals surface area contributed by atoms with Gasteiger partial charge in [-0.15, -0.1) is 0 Å². The standard InChI is InChI=1S/C24H27FN8O2/c1-14-9-17(25)19(28-22(34)30-21-10-15(2)33(31-21)24(3,4)5)11-20(14)35-23-26-8-7-18(29-23)16-12-27-32(6)13-16/h7-13H,1-6H3,(H2,28,30,31,34). The number of hydrogen-bond donors (Lipinski definition) is 2. The number of nitrogens with zero attached hydrogens (tertiary/aromatic N) is 6. The number of urea groups is 1. The van der Waals surface area contributed by atoms with Crippen LogP contribution in [0.15, 0.2) is 42.9 Å². The largest absolute Gasteiger partial charge is 0.424 e. The molecule has 2 amide bonds. The summed E-state index contributed by atoms with van der Waals surface area (Å²) in [7, 11) is 1.81. The zero-order valence-electron chi connectivity index (χ0n) is 20.4. The molecule has 2 N–H and O–H groups in total. The average Bonchev–Trinajstić information content (AvgIpc) is 3.37. The molecule has 0 spiro atoms. The van der Waals surface area contributed by atoms with E-state index in [9.17, 15) is 9.18 Å². The van der Waals surface area contributed by atoms with Crippen molar-refractivity contribution in [3.05, 3.63) is 59.9 Å². The summed E-state index contributed by atoms with van der Waals surface area (Å²) in [6.45, 7) is 9.62. The Morgan fingerprint density at radius 1 is 1.14 bits per heavy atom. The number of amides is 2. The van der Waals surface area contributed by atoms with Crippen LogP contribution in [0.3, 0.4) is 0 Å². The van der Waals surface area contributed by atoms with Gasteiger partial charge in [0.15, 0.2) is 5.82 Å². The van der Waals surface area contributed by atoms with Gasteiger partial charge >= 0.3 is 12.0 Å². The summed E-state index contributed by atoms with van der Waals surface area (Å²) in [5.74, 6) is 0.0591. The Balaban J connectivity index is 1.51. The Bertz CT molecular complexity index is 1390. The maximum atomic E-state index is 14.6. The molecular weight excluding hydrogens is 451 g/mol. The molecule has 1 aromatic carbocycles. The number of rotatable bonds is 5. The summed E-state index contributed by atoms with van der Waals surface area (Å²) in [5.41, 5.74) is 2.54. The first-order valence-corrected chi connectivity index (χ1v) is 10.9. The highest BCUT2D eigenvalue weighted by molar-refractivity contribution is 5.99. The second kappa shape index (κ2) is 9.16. The second-order valence-electron chi connectivity index (χ2n) is 9.16. The lowest BCUT2D eigenvalue weighted by Gasteiger charge is -2.21. The molecule has 0 aliphatic heterocycles. The summed E-state index contributed by atoms with van der Waals surface area (Å²) in [4.78, 5) is 21.1. The van der Waals surface area contributed by atoms with Gasteiger partial charge in [0.2, 0.25) is 0 Å². The van der Waals surface area contributed by atoms with Crippen LogP contribution < -0.4 is 15.4 Å². The topological polar surface area (TPSA) is 112 Å². The van der Waals surface area contributed by atoms with Crippen molar-refractivity contribution in [2.45, 2.75) is 40.2 Å². The van der Waals surface area contributed by atoms with Gasteiger partial charge in [0.05, 0.1) is 23.1 Å². The minimum absolute atomic E-state index is 0.0570. The van der Waals surface area contributed by atoms with Crippen LogP contribution >= 0.6 is 0 Å². The molecule has 0 saturated carbocycles. The lowest BCUT2D eigenvalue weighted by Crippen LogP contribution is -2.25. The number of carbonyl (C=O) groups excluding carboxylic acids is 1. The molecule has 0 atom stereocenters. The van der Waals surface area contributed by atoms with E-state index in [0.717, 1.165) is 11.3 Å².